The van der Waals surface area contributed by atoms with Crippen LogP contribution in [-0.4, -0.2) is 66.4 Å². The van der Waals surface area contributed by atoms with E-state index in [1.807, 2.05) is 30.6 Å². The van der Waals surface area contributed by atoms with Gasteiger partial charge < -0.3 is 10.2 Å². The Morgan fingerprint density at radius 2 is 2.04 bits per heavy atom. The van der Waals surface area contributed by atoms with Crippen LogP contribution in [0.1, 0.15) is 21.1 Å². The number of aromatic nitrogens is 1. The summed E-state index contributed by atoms with van der Waals surface area (Å²) >= 11 is 1.53. The number of nitrogens with one attached hydrogen (secondary N) is 1. The number of likely N-dealkylation sites (N-methyl/N-ethyl adjacent to an activating group) is 1. The van der Waals surface area contributed by atoms with Gasteiger partial charge in [-0.1, -0.05) is 30.3 Å². The van der Waals surface area contributed by atoms with E-state index in [1.165, 1.54) is 16.9 Å². The van der Waals surface area contributed by atoms with Gasteiger partial charge in [-0.3, -0.25) is 14.5 Å². The van der Waals surface area contributed by atoms with Gasteiger partial charge in [0.2, 0.25) is 5.91 Å². The third-order valence-corrected chi connectivity index (χ3v) is 5.41. The van der Waals surface area contributed by atoms with Crippen molar-refractivity contribution in [2.45, 2.75) is 12.8 Å². The summed E-state index contributed by atoms with van der Waals surface area (Å²) in [5.74, 6) is -0.0159. The standard InChI is InChI=1S/C19H24N4O2S/c1-22-11-12-23(13-18(22)24)10-9-20-19(25)16-14-26-17(21-16)8-7-15-5-3-2-4-6-15/h2-6,14H,7-13H2,1H3,(H,20,25). The van der Waals surface area contributed by atoms with E-state index in [1.54, 1.807) is 4.90 Å². The highest BCUT2D eigenvalue weighted by molar-refractivity contribution is 7.09. The van der Waals surface area contributed by atoms with Crippen LogP contribution >= 0.6 is 11.3 Å². The number of nitrogens with zero attached hydrogens (tertiary/aromatic N) is 3. The van der Waals surface area contributed by atoms with Crippen LogP contribution in [-0.2, 0) is 17.6 Å². The van der Waals surface area contributed by atoms with E-state index < -0.39 is 0 Å². The van der Waals surface area contributed by atoms with Gasteiger partial charge in [0.05, 0.1) is 11.6 Å². The lowest BCUT2D eigenvalue weighted by molar-refractivity contribution is -0.134. The second-order valence-corrected chi connectivity index (χ2v) is 7.40. The topological polar surface area (TPSA) is 65.5 Å². The Morgan fingerprint density at radius 3 is 2.81 bits per heavy atom. The van der Waals surface area contributed by atoms with Gasteiger partial charge in [0, 0.05) is 45.0 Å². The largest absolute Gasteiger partial charge is 0.349 e. The molecule has 7 heteroatoms. The highest BCUT2D eigenvalue weighted by Crippen LogP contribution is 2.13. The second-order valence-electron chi connectivity index (χ2n) is 6.46. The number of amides is 2. The summed E-state index contributed by atoms with van der Waals surface area (Å²) in [6.07, 6.45) is 1.76. The lowest BCUT2D eigenvalue weighted by Gasteiger charge is -2.31. The van der Waals surface area contributed by atoms with Gasteiger partial charge in [-0.2, -0.15) is 0 Å². The highest BCUT2D eigenvalue weighted by atomic mass is 32.1. The first-order valence-corrected chi connectivity index (χ1v) is 9.72. The minimum Gasteiger partial charge on any atom is -0.349 e. The van der Waals surface area contributed by atoms with Crippen LogP contribution in [0, 0.1) is 0 Å². The molecule has 6 nitrogen and oxygen atoms in total. The molecule has 138 valence electrons. The lowest BCUT2D eigenvalue weighted by atomic mass is 10.1. The van der Waals surface area contributed by atoms with Crippen LogP contribution in [0.4, 0.5) is 0 Å². The molecule has 1 aliphatic heterocycles. The van der Waals surface area contributed by atoms with Gasteiger partial charge >= 0.3 is 0 Å². The molecule has 0 unspecified atom stereocenters. The number of piperazine rings is 1. The predicted molar refractivity (Wildman–Crippen MR) is 102 cm³/mol. The Morgan fingerprint density at radius 1 is 1.23 bits per heavy atom. The monoisotopic (exact) mass is 372 g/mol. The molecule has 1 N–H and O–H groups in total. The van der Waals surface area contributed by atoms with E-state index in [-0.39, 0.29) is 11.8 Å². The van der Waals surface area contributed by atoms with Crippen LogP contribution in [0.15, 0.2) is 35.7 Å². The molecule has 0 bridgehead atoms. The fraction of sp³-hybridized carbons (Fsp3) is 0.421. The molecule has 26 heavy (non-hydrogen) atoms. The molecule has 1 aromatic carbocycles. The van der Waals surface area contributed by atoms with Crippen molar-refractivity contribution in [3.8, 4) is 0 Å². The highest BCUT2D eigenvalue weighted by Gasteiger charge is 2.20. The van der Waals surface area contributed by atoms with Crippen molar-refractivity contribution in [2.75, 3.05) is 39.8 Å². The number of carbonyl (C=O) groups excluding carboxylic acids is 2. The summed E-state index contributed by atoms with van der Waals surface area (Å²) in [4.78, 5) is 32.2. The molecule has 2 amide bonds. The van der Waals surface area contributed by atoms with Crippen molar-refractivity contribution in [3.63, 3.8) is 0 Å². The Kier molecular flexibility index (Phi) is 6.35. The molecule has 3 rings (SSSR count). The van der Waals surface area contributed by atoms with Gasteiger partial charge in [-0.15, -0.1) is 11.3 Å². The van der Waals surface area contributed by atoms with Gasteiger partial charge in [0.15, 0.2) is 0 Å². The summed E-state index contributed by atoms with van der Waals surface area (Å²) in [6.45, 7) is 3.21. The van der Waals surface area contributed by atoms with Gasteiger partial charge in [-0.25, -0.2) is 4.98 Å². The fourth-order valence-electron chi connectivity index (χ4n) is 2.84. The van der Waals surface area contributed by atoms with Crippen molar-refractivity contribution in [1.82, 2.24) is 20.1 Å². The Bertz CT molecular complexity index is 747. The van der Waals surface area contributed by atoms with Crippen molar-refractivity contribution in [3.05, 3.63) is 52.0 Å². The van der Waals surface area contributed by atoms with E-state index in [4.69, 9.17) is 0 Å². The summed E-state index contributed by atoms with van der Waals surface area (Å²) in [7, 11) is 1.82. The maximum Gasteiger partial charge on any atom is 0.270 e. The molecule has 0 saturated carbocycles. The fourth-order valence-corrected chi connectivity index (χ4v) is 3.62. The van der Waals surface area contributed by atoms with Crippen LogP contribution in [0.5, 0.6) is 0 Å². The van der Waals surface area contributed by atoms with Crippen molar-refractivity contribution >= 4 is 23.2 Å². The summed E-state index contributed by atoms with van der Waals surface area (Å²) in [5.41, 5.74) is 1.75. The van der Waals surface area contributed by atoms with Gasteiger partial charge in [-0.05, 0) is 12.0 Å². The molecular weight excluding hydrogens is 348 g/mol. The molecule has 0 spiro atoms. The Balaban J connectivity index is 1.41. The quantitative estimate of drug-likeness (QED) is 0.799. The van der Waals surface area contributed by atoms with Crippen LogP contribution in [0.3, 0.4) is 0 Å². The number of hydrogen-bond donors (Lipinski definition) is 1. The first-order chi connectivity index (χ1) is 12.6. The van der Waals surface area contributed by atoms with E-state index in [9.17, 15) is 9.59 Å². The smallest absolute Gasteiger partial charge is 0.270 e. The normalized spacial score (nSPS) is 15.3. The van der Waals surface area contributed by atoms with Crippen LogP contribution in [0.2, 0.25) is 0 Å². The first kappa shape index (κ1) is 18.5. The zero-order valence-corrected chi connectivity index (χ0v) is 15.8. The zero-order chi connectivity index (χ0) is 18.4. The summed E-state index contributed by atoms with van der Waals surface area (Å²) < 4.78 is 0. The number of hydrogen-bond acceptors (Lipinski definition) is 5. The zero-order valence-electron chi connectivity index (χ0n) is 15.0. The Labute approximate surface area is 157 Å². The second kappa shape index (κ2) is 8.91. The lowest BCUT2D eigenvalue weighted by Crippen LogP contribution is -2.50. The molecule has 2 heterocycles. The molecule has 0 atom stereocenters. The number of thiazole rings is 1. The van der Waals surface area contributed by atoms with Crippen molar-refractivity contribution < 1.29 is 9.59 Å². The molecule has 2 aromatic rings. The number of carbonyl (C=O) groups is 2. The molecule has 1 saturated heterocycles. The van der Waals surface area contributed by atoms with Crippen molar-refractivity contribution in [1.29, 1.82) is 0 Å². The summed E-state index contributed by atoms with van der Waals surface area (Å²) in [6, 6.07) is 10.3. The van der Waals surface area contributed by atoms with E-state index in [0.717, 1.165) is 30.9 Å². The van der Waals surface area contributed by atoms with Gasteiger partial charge in [0.1, 0.15) is 5.69 Å². The predicted octanol–water partition coefficient (Wildman–Crippen LogP) is 1.43. The SMILES string of the molecule is CN1CCN(CCNC(=O)c2csc(CCc3ccccc3)n2)CC1=O. The third kappa shape index (κ3) is 5.12. The van der Waals surface area contributed by atoms with E-state index in [2.05, 4.69) is 27.3 Å². The minimum absolute atomic E-state index is 0.130. The van der Waals surface area contributed by atoms with E-state index >= 15 is 0 Å². The molecule has 1 fully saturated rings. The maximum atomic E-state index is 12.2. The molecule has 1 aromatic heterocycles. The van der Waals surface area contributed by atoms with Crippen molar-refractivity contribution in [2.24, 2.45) is 0 Å². The number of benzene rings is 1. The number of rotatable bonds is 7. The molecule has 0 radical (unpaired) electrons. The van der Waals surface area contributed by atoms with E-state index in [0.29, 0.717) is 25.3 Å². The Hall–Kier alpha value is -2.25. The number of aryl methyl sites for hydroxylation is 2. The van der Waals surface area contributed by atoms with Crippen LogP contribution in [0.25, 0.3) is 0 Å². The average molecular weight is 372 g/mol. The van der Waals surface area contributed by atoms with Gasteiger partial charge in [0.25, 0.3) is 5.91 Å². The summed E-state index contributed by atoms with van der Waals surface area (Å²) in [5, 5.41) is 5.69. The van der Waals surface area contributed by atoms with Crippen LogP contribution < -0.4 is 5.32 Å². The molecule has 0 aliphatic carbocycles. The minimum atomic E-state index is -0.146. The third-order valence-electron chi connectivity index (χ3n) is 4.50. The maximum absolute atomic E-state index is 12.2. The first-order valence-electron chi connectivity index (χ1n) is 8.84. The molecular formula is C19H24N4O2S. The molecule has 1 aliphatic rings. The average Bonchev–Trinajstić information content (AvgIpc) is 3.13.